The molecule has 0 saturated carbocycles. The van der Waals surface area contributed by atoms with E-state index >= 15 is 0 Å². The molecule has 162 valence electrons. The van der Waals surface area contributed by atoms with Crippen molar-refractivity contribution in [1.29, 1.82) is 0 Å². The number of aliphatic hydroxyl groups excluding tert-OH is 1. The highest BCUT2D eigenvalue weighted by atomic mass is 16.3. The van der Waals surface area contributed by atoms with Gasteiger partial charge in [-0.05, 0) is 25.5 Å². The van der Waals surface area contributed by atoms with E-state index in [1.54, 1.807) is 0 Å². The first kappa shape index (κ1) is 26.5. The standard InChI is InChI=1S/C25H51NO/c1-3-5-6-7-8-9-10-11-12-13-14-15-16-17-18-19-20-21-22-23-24-26-25(27)4-2/h23-27H,3-22H2,1-2H3. The molecule has 0 radical (unpaired) electrons. The highest BCUT2D eigenvalue weighted by Crippen LogP contribution is 2.14. The molecule has 0 heterocycles. The van der Waals surface area contributed by atoms with Crippen LogP contribution in [-0.4, -0.2) is 11.3 Å². The first-order valence-corrected chi connectivity index (χ1v) is 12.4. The highest BCUT2D eigenvalue weighted by molar-refractivity contribution is 4.79. The van der Waals surface area contributed by atoms with Gasteiger partial charge in [-0.1, -0.05) is 129 Å². The van der Waals surface area contributed by atoms with Gasteiger partial charge in [0.2, 0.25) is 0 Å². The number of nitrogens with one attached hydrogen (secondary N) is 1. The normalized spacial score (nSPS) is 12.7. The molecule has 0 amide bonds. The maximum Gasteiger partial charge on any atom is 0.123 e. The van der Waals surface area contributed by atoms with Crippen molar-refractivity contribution in [2.45, 2.75) is 148 Å². The summed E-state index contributed by atoms with van der Waals surface area (Å²) in [7, 11) is 0. The van der Waals surface area contributed by atoms with Crippen LogP contribution in [0, 0.1) is 0 Å². The number of aliphatic hydroxyl groups is 1. The van der Waals surface area contributed by atoms with Crippen LogP contribution in [0.15, 0.2) is 12.3 Å². The van der Waals surface area contributed by atoms with Crippen molar-refractivity contribution in [3.63, 3.8) is 0 Å². The number of rotatable bonds is 22. The van der Waals surface area contributed by atoms with Crippen LogP contribution in [0.25, 0.3) is 0 Å². The molecular weight excluding hydrogens is 330 g/mol. The molecule has 0 aliphatic carbocycles. The van der Waals surface area contributed by atoms with E-state index in [1.165, 1.54) is 116 Å². The second-order valence-corrected chi connectivity index (χ2v) is 8.29. The molecule has 0 saturated heterocycles. The predicted octanol–water partition coefficient (Wildman–Crippen LogP) is 8.25. The van der Waals surface area contributed by atoms with E-state index in [1.807, 2.05) is 13.1 Å². The minimum Gasteiger partial charge on any atom is -0.374 e. The number of hydrogen-bond acceptors (Lipinski definition) is 2. The van der Waals surface area contributed by atoms with Crippen molar-refractivity contribution < 1.29 is 5.11 Å². The van der Waals surface area contributed by atoms with Crippen molar-refractivity contribution in [1.82, 2.24) is 5.32 Å². The molecule has 0 rings (SSSR count). The molecule has 0 bridgehead atoms. The second kappa shape index (κ2) is 23.5. The quantitative estimate of drug-likeness (QED) is 0.146. The lowest BCUT2D eigenvalue weighted by atomic mass is 10.0. The Morgan fingerprint density at radius 3 is 1.33 bits per heavy atom. The summed E-state index contributed by atoms with van der Waals surface area (Å²) in [4.78, 5) is 0. The van der Waals surface area contributed by atoms with Gasteiger partial charge in [-0.15, -0.1) is 0 Å². The smallest absolute Gasteiger partial charge is 0.123 e. The lowest BCUT2D eigenvalue weighted by Gasteiger charge is -2.06. The van der Waals surface area contributed by atoms with Crippen LogP contribution in [0.1, 0.15) is 142 Å². The van der Waals surface area contributed by atoms with Gasteiger partial charge in [-0.2, -0.15) is 0 Å². The van der Waals surface area contributed by atoms with E-state index in [9.17, 15) is 5.11 Å². The Bertz CT molecular complexity index is 290. The third-order valence-electron chi connectivity index (χ3n) is 5.52. The zero-order valence-corrected chi connectivity index (χ0v) is 18.8. The molecule has 0 fully saturated rings. The minimum absolute atomic E-state index is 0.387. The predicted molar refractivity (Wildman–Crippen MR) is 122 cm³/mol. The van der Waals surface area contributed by atoms with Crippen molar-refractivity contribution in [3.8, 4) is 0 Å². The van der Waals surface area contributed by atoms with Crippen molar-refractivity contribution in [3.05, 3.63) is 12.3 Å². The largest absolute Gasteiger partial charge is 0.374 e. The van der Waals surface area contributed by atoms with Gasteiger partial charge in [-0.3, -0.25) is 0 Å². The monoisotopic (exact) mass is 381 g/mol. The van der Waals surface area contributed by atoms with Gasteiger partial charge in [0.15, 0.2) is 0 Å². The summed E-state index contributed by atoms with van der Waals surface area (Å²) >= 11 is 0. The first-order chi connectivity index (χ1) is 13.3. The van der Waals surface area contributed by atoms with Crippen LogP contribution >= 0.6 is 0 Å². The van der Waals surface area contributed by atoms with Gasteiger partial charge in [0.25, 0.3) is 0 Å². The summed E-state index contributed by atoms with van der Waals surface area (Å²) in [5.74, 6) is 0. The molecule has 2 heteroatoms. The fourth-order valence-corrected chi connectivity index (χ4v) is 3.54. The molecule has 1 atom stereocenters. The lowest BCUT2D eigenvalue weighted by molar-refractivity contribution is 0.149. The van der Waals surface area contributed by atoms with Crippen LogP contribution in [-0.2, 0) is 0 Å². The van der Waals surface area contributed by atoms with E-state index in [-0.39, 0.29) is 6.23 Å². The number of unbranched alkanes of at least 4 members (excludes halogenated alkanes) is 18. The Morgan fingerprint density at radius 1 is 0.593 bits per heavy atom. The third-order valence-corrected chi connectivity index (χ3v) is 5.52. The summed E-state index contributed by atoms with van der Waals surface area (Å²) in [5.41, 5.74) is 0. The summed E-state index contributed by atoms with van der Waals surface area (Å²) in [6.45, 7) is 4.27. The lowest BCUT2D eigenvalue weighted by Crippen LogP contribution is -2.21. The van der Waals surface area contributed by atoms with Gasteiger partial charge in [0.1, 0.15) is 6.23 Å². The van der Waals surface area contributed by atoms with Gasteiger partial charge in [-0.25, -0.2) is 0 Å². The molecule has 0 aromatic carbocycles. The van der Waals surface area contributed by atoms with Crippen LogP contribution in [0.5, 0.6) is 0 Å². The van der Waals surface area contributed by atoms with Crippen LogP contribution in [0.3, 0.4) is 0 Å². The summed E-state index contributed by atoms with van der Waals surface area (Å²) in [6.07, 6.45) is 31.2. The molecular formula is C25H51NO. The Morgan fingerprint density at radius 2 is 0.963 bits per heavy atom. The van der Waals surface area contributed by atoms with Gasteiger partial charge in [0.05, 0.1) is 0 Å². The molecule has 0 aromatic rings. The Labute approximate surface area is 171 Å². The average molecular weight is 382 g/mol. The summed E-state index contributed by atoms with van der Waals surface area (Å²) in [5, 5.41) is 12.3. The van der Waals surface area contributed by atoms with Crippen LogP contribution in [0.2, 0.25) is 0 Å². The molecule has 27 heavy (non-hydrogen) atoms. The van der Waals surface area contributed by atoms with E-state index in [0.29, 0.717) is 0 Å². The molecule has 0 aliphatic rings. The summed E-state index contributed by atoms with van der Waals surface area (Å²) < 4.78 is 0. The Balaban J connectivity index is 3.05. The molecule has 0 aliphatic heterocycles. The molecule has 2 N–H and O–H groups in total. The minimum atomic E-state index is -0.387. The van der Waals surface area contributed by atoms with Crippen molar-refractivity contribution in [2.24, 2.45) is 0 Å². The van der Waals surface area contributed by atoms with Gasteiger partial charge in [0, 0.05) is 0 Å². The fraction of sp³-hybridized carbons (Fsp3) is 0.920. The molecule has 1 unspecified atom stereocenters. The molecule has 0 aromatic heterocycles. The van der Waals surface area contributed by atoms with E-state index in [0.717, 1.165) is 12.8 Å². The Kier molecular flexibility index (Phi) is 23.1. The third kappa shape index (κ3) is 23.5. The SMILES string of the molecule is CCCCCCCCCCCCCCCCCCCCC=CNC(O)CC. The second-order valence-electron chi connectivity index (χ2n) is 8.29. The number of hydrogen-bond donors (Lipinski definition) is 2. The van der Waals surface area contributed by atoms with Gasteiger partial charge >= 0.3 is 0 Å². The fourth-order valence-electron chi connectivity index (χ4n) is 3.54. The number of allylic oxidation sites excluding steroid dienone is 1. The first-order valence-electron chi connectivity index (χ1n) is 12.4. The van der Waals surface area contributed by atoms with Crippen molar-refractivity contribution in [2.75, 3.05) is 0 Å². The average Bonchev–Trinajstić information content (AvgIpc) is 2.68. The molecule has 0 spiro atoms. The topological polar surface area (TPSA) is 32.3 Å². The highest BCUT2D eigenvalue weighted by Gasteiger charge is 1.95. The van der Waals surface area contributed by atoms with E-state index in [2.05, 4.69) is 18.3 Å². The molecule has 2 nitrogen and oxygen atoms in total. The van der Waals surface area contributed by atoms with Crippen molar-refractivity contribution >= 4 is 0 Å². The maximum absolute atomic E-state index is 9.35. The maximum atomic E-state index is 9.35. The van der Waals surface area contributed by atoms with Crippen LogP contribution in [0.4, 0.5) is 0 Å². The van der Waals surface area contributed by atoms with E-state index < -0.39 is 0 Å². The zero-order valence-electron chi connectivity index (χ0n) is 18.8. The summed E-state index contributed by atoms with van der Waals surface area (Å²) in [6, 6.07) is 0. The zero-order chi connectivity index (χ0) is 19.8. The van der Waals surface area contributed by atoms with Crippen LogP contribution < -0.4 is 5.32 Å². The van der Waals surface area contributed by atoms with Gasteiger partial charge < -0.3 is 10.4 Å². The van der Waals surface area contributed by atoms with E-state index in [4.69, 9.17) is 0 Å². The Hall–Kier alpha value is -0.500.